The summed E-state index contributed by atoms with van der Waals surface area (Å²) in [6.45, 7) is 7.97. The van der Waals surface area contributed by atoms with E-state index in [-0.39, 0.29) is 0 Å². The number of benzene rings is 1. The fraction of sp³-hybridized carbons (Fsp3) is 0.350. The summed E-state index contributed by atoms with van der Waals surface area (Å²) in [6.07, 6.45) is 4.64. The van der Waals surface area contributed by atoms with Crippen LogP contribution in [-0.4, -0.2) is 44.3 Å². The van der Waals surface area contributed by atoms with E-state index in [1.165, 1.54) is 11.1 Å². The molecule has 3 aromatic rings. The molecule has 1 N–H and O–H groups in total. The zero-order valence-electron chi connectivity index (χ0n) is 15.3. The maximum Gasteiger partial charge on any atom is 0.174 e. The van der Waals surface area contributed by atoms with Crippen molar-refractivity contribution in [2.75, 3.05) is 25.0 Å². The van der Waals surface area contributed by atoms with Crippen LogP contribution in [0.5, 0.6) is 0 Å². The third-order valence-electron chi connectivity index (χ3n) is 4.79. The standard InChI is InChI=1S/C20H24N6/c1-15-11-16(2)26(24-15)20-13-21-12-19(23-20)22-8-10-25-9-7-17-5-3-4-6-18(17)14-25/h3-6,11-13H,7-10,14H2,1-2H3,(H,22,23). The molecule has 0 aliphatic carbocycles. The van der Waals surface area contributed by atoms with Gasteiger partial charge >= 0.3 is 0 Å². The molecule has 3 heterocycles. The van der Waals surface area contributed by atoms with E-state index in [0.717, 1.165) is 55.6 Å². The highest BCUT2D eigenvalue weighted by atomic mass is 15.3. The molecule has 0 spiro atoms. The first-order valence-electron chi connectivity index (χ1n) is 9.08. The summed E-state index contributed by atoms with van der Waals surface area (Å²) in [6, 6.07) is 10.8. The summed E-state index contributed by atoms with van der Waals surface area (Å²) in [5.41, 5.74) is 4.97. The molecule has 1 aliphatic rings. The number of aromatic nitrogens is 4. The monoisotopic (exact) mass is 348 g/mol. The number of hydrogen-bond donors (Lipinski definition) is 1. The molecular formula is C20H24N6. The van der Waals surface area contributed by atoms with Gasteiger partial charge in [-0.3, -0.25) is 9.88 Å². The van der Waals surface area contributed by atoms with Crippen molar-refractivity contribution in [1.29, 1.82) is 0 Å². The molecule has 0 bridgehead atoms. The van der Waals surface area contributed by atoms with Crippen LogP contribution in [0, 0.1) is 13.8 Å². The highest BCUT2D eigenvalue weighted by molar-refractivity contribution is 5.36. The number of hydrogen-bond acceptors (Lipinski definition) is 5. The van der Waals surface area contributed by atoms with Crippen LogP contribution in [0.15, 0.2) is 42.7 Å². The fourth-order valence-electron chi connectivity index (χ4n) is 3.49. The summed E-state index contributed by atoms with van der Waals surface area (Å²) < 4.78 is 1.83. The molecule has 134 valence electrons. The summed E-state index contributed by atoms with van der Waals surface area (Å²) in [4.78, 5) is 11.4. The highest BCUT2D eigenvalue weighted by Gasteiger charge is 2.15. The molecule has 0 atom stereocenters. The number of rotatable bonds is 5. The Morgan fingerprint density at radius 2 is 1.96 bits per heavy atom. The Balaban J connectivity index is 1.36. The Morgan fingerprint density at radius 1 is 1.12 bits per heavy atom. The zero-order chi connectivity index (χ0) is 17.9. The Morgan fingerprint density at radius 3 is 2.77 bits per heavy atom. The van der Waals surface area contributed by atoms with Crippen molar-refractivity contribution in [2.24, 2.45) is 0 Å². The van der Waals surface area contributed by atoms with E-state index in [4.69, 9.17) is 0 Å². The number of aryl methyl sites for hydroxylation is 2. The van der Waals surface area contributed by atoms with Gasteiger partial charge in [0, 0.05) is 31.9 Å². The van der Waals surface area contributed by atoms with Gasteiger partial charge in [0.25, 0.3) is 0 Å². The van der Waals surface area contributed by atoms with Crippen LogP contribution in [-0.2, 0) is 13.0 Å². The molecule has 6 nitrogen and oxygen atoms in total. The third-order valence-corrected chi connectivity index (χ3v) is 4.79. The van der Waals surface area contributed by atoms with Gasteiger partial charge in [-0.25, -0.2) is 9.67 Å². The molecule has 0 radical (unpaired) electrons. The van der Waals surface area contributed by atoms with Crippen LogP contribution in [0.4, 0.5) is 5.82 Å². The van der Waals surface area contributed by atoms with Gasteiger partial charge in [0.1, 0.15) is 5.82 Å². The molecule has 1 aliphatic heterocycles. The maximum absolute atomic E-state index is 4.64. The average molecular weight is 348 g/mol. The van der Waals surface area contributed by atoms with E-state index < -0.39 is 0 Å². The molecule has 2 aromatic heterocycles. The summed E-state index contributed by atoms with van der Waals surface area (Å²) in [7, 11) is 0. The van der Waals surface area contributed by atoms with Crippen LogP contribution >= 0.6 is 0 Å². The molecular weight excluding hydrogens is 324 g/mol. The van der Waals surface area contributed by atoms with Crippen LogP contribution in [0.3, 0.4) is 0 Å². The predicted molar refractivity (Wildman–Crippen MR) is 103 cm³/mol. The van der Waals surface area contributed by atoms with Crippen LogP contribution < -0.4 is 5.32 Å². The van der Waals surface area contributed by atoms with Gasteiger partial charge in [0.2, 0.25) is 0 Å². The SMILES string of the molecule is Cc1cc(C)n(-c2cncc(NCCN3CCc4ccccc4C3)n2)n1. The van der Waals surface area contributed by atoms with Crippen molar-refractivity contribution in [3.63, 3.8) is 0 Å². The Labute approximate surface area is 153 Å². The normalized spacial score (nSPS) is 14.2. The van der Waals surface area contributed by atoms with Gasteiger partial charge in [-0.1, -0.05) is 24.3 Å². The molecule has 0 unspecified atom stereocenters. The van der Waals surface area contributed by atoms with E-state index >= 15 is 0 Å². The Hall–Kier alpha value is -2.73. The summed E-state index contributed by atoms with van der Waals surface area (Å²) in [5, 5.41) is 7.87. The lowest BCUT2D eigenvalue weighted by Crippen LogP contribution is -2.34. The highest BCUT2D eigenvalue weighted by Crippen LogP contribution is 2.18. The first-order valence-corrected chi connectivity index (χ1v) is 9.08. The quantitative estimate of drug-likeness (QED) is 0.768. The lowest BCUT2D eigenvalue weighted by atomic mass is 10.00. The zero-order valence-corrected chi connectivity index (χ0v) is 15.3. The number of fused-ring (bicyclic) bond motifs is 1. The second-order valence-corrected chi connectivity index (χ2v) is 6.82. The Bertz CT molecular complexity index is 901. The molecule has 4 rings (SSSR count). The molecule has 0 saturated heterocycles. The lowest BCUT2D eigenvalue weighted by molar-refractivity contribution is 0.264. The Kier molecular flexibility index (Phi) is 4.67. The predicted octanol–water partition coefficient (Wildman–Crippen LogP) is 2.75. The largest absolute Gasteiger partial charge is 0.367 e. The maximum atomic E-state index is 4.64. The second kappa shape index (κ2) is 7.25. The number of nitrogens with zero attached hydrogens (tertiary/aromatic N) is 5. The molecule has 0 saturated carbocycles. The van der Waals surface area contributed by atoms with Crippen molar-refractivity contribution in [3.8, 4) is 5.82 Å². The molecule has 26 heavy (non-hydrogen) atoms. The second-order valence-electron chi connectivity index (χ2n) is 6.82. The van der Waals surface area contributed by atoms with E-state index in [1.54, 1.807) is 12.4 Å². The van der Waals surface area contributed by atoms with Gasteiger partial charge in [0.15, 0.2) is 5.82 Å². The van der Waals surface area contributed by atoms with Crippen LogP contribution in [0.25, 0.3) is 5.82 Å². The smallest absolute Gasteiger partial charge is 0.174 e. The first-order chi connectivity index (χ1) is 12.7. The average Bonchev–Trinajstić information content (AvgIpc) is 3.00. The van der Waals surface area contributed by atoms with E-state index in [9.17, 15) is 0 Å². The van der Waals surface area contributed by atoms with E-state index in [2.05, 4.69) is 49.5 Å². The molecule has 0 fully saturated rings. The van der Waals surface area contributed by atoms with Gasteiger partial charge in [-0.15, -0.1) is 0 Å². The number of anilines is 1. The summed E-state index contributed by atoms with van der Waals surface area (Å²) >= 11 is 0. The van der Waals surface area contributed by atoms with Gasteiger partial charge in [-0.2, -0.15) is 5.10 Å². The minimum atomic E-state index is 0.743. The molecule has 6 heteroatoms. The lowest BCUT2D eigenvalue weighted by Gasteiger charge is -2.28. The van der Waals surface area contributed by atoms with Crippen molar-refractivity contribution >= 4 is 5.82 Å². The number of nitrogens with one attached hydrogen (secondary N) is 1. The minimum absolute atomic E-state index is 0.743. The van der Waals surface area contributed by atoms with E-state index in [1.807, 2.05) is 24.6 Å². The van der Waals surface area contributed by atoms with Crippen LogP contribution in [0.2, 0.25) is 0 Å². The van der Waals surface area contributed by atoms with Gasteiger partial charge in [0.05, 0.1) is 18.1 Å². The van der Waals surface area contributed by atoms with Gasteiger partial charge < -0.3 is 5.32 Å². The van der Waals surface area contributed by atoms with E-state index in [0.29, 0.717) is 0 Å². The first kappa shape index (κ1) is 16.7. The fourth-order valence-corrected chi connectivity index (χ4v) is 3.49. The van der Waals surface area contributed by atoms with Crippen LogP contribution in [0.1, 0.15) is 22.5 Å². The van der Waals surface area contributed by atoms with Gasteiger partial charge in [-0.05, 0) is 37.5 Å². The van der Waals surface area contributed by atoms with Crippen molar-refractivity contribution in [3.05, 3.63) is 65.2 Å². The van der Waals surface area contributed by atoms with Crippen molar-refractivity contribution in [2.45, 2.75) is 26.8 Å². The van der Waals surface area contributed by atoms with Crippen molar-refractivity contribution < 1.29 is 0 Å². The van der Waals surface area contributed by atoms with Crippen molar-refractivity contribution in [1.82, 2.24) is 24.6 Å². The summed E-state index contributed by atoms with van der Waals surface area (Å²) in [5.74, 6) is 1.53. The molecule has 0 amide bonds. The minimum Gasteiger partial charge on any atom is -0.367 e. The molecule has 1 aromatic carbocycles. The third kappa shape index (κ3) is 3.60. The topological polar surface area (TPSA) is 58.9 Å².